The fourth-order valence-electron chi connectivity index (χ4n) is 1.35. The molecule has 1 aromatic carbocycles. The van der Waals surface area contributed by atoms with E-state index in [-0.39, 0.29) is 19.4 Å². The van der Waals surface area contributed by atoms with Crippen LogP contribution >= 0.6 is 0 Å². The quantitative estimate of drug-likeness (QED) is 0.703. The van der Waals surface area contributed by atoms with Gasteiger partial charge in [-0.25, -0.2) is 4.79 Å². The molecule has 7 heteroatoms. The molecular weight excluding hydrogens is 264 g/mol. The monoisotopic (exact) mass is 280 g/mol. The smallest absolute Gasteiger partial charge is 0.414 e. The van der Waals surface area contributed by atoms with Crippen molar-refractivity contribution in [2.24, 2.45) is 5.73 Å². The number of carbonyl (C=O) groups excluding carboxylic acids is 2. The number of hydrogen-bond donors (Lipinski definition) is 3. The summed E-state index contributed by atoms with van der Waals surface area (Å²) in [6.07, 6.45) is -1.08. The van der Waals surface area contributed by atoms with Gasteiger partial charge in [0.05, 0.1) is 0 Å². The van der Waals surface area contributed by atoms with Crippen LogP contribution in [0.25, 0.3) is 0 Å². The SMILES string of the molecule is NC(CCC(=O)NC(=O)OCc1ccccc1)C(=O)O. The number of nitrogens with one attached hydrogen (secondary N) is 1. The summed E-state index contributed by atoms with van der Waals surface area (Å²) in [5.74, 6) is -1.82. The van der Waals surface area contributed by atoms with Crippen molar-refractivity contribution in [1.29, 1.82) is 0 Å². The lowest BCUT2D eigenvalue weighted by atomic mass is 10.1. The zero-order valence-corrected chi connectivity index (χ0v) is 10.7. The molecule has 0 saturated heterocycles. The highest BCUT2D eigenvalue weighted by atomic mass is 16.5. The molecule has 0 saturated carbocycles. The van der Waals surface area contributed by atoms with Crippen LogP contribution < -0.4 is 11.1 Å². The molecule has 0 heterocycles. The normalized spacial score (nSPS) is 11.4. The van der Waals surface area contributed by atoms with E-state index in [0.29, 0.717) is 0 Å². The summed E-state index contributed by atoms with van der Waals surface area (Å²) in [6, 6.07) is 7.87. The molecule has 0 aliphatic rings. The van der Waals surface area contributed by atoms with Gasteiger partial charge < -0.3 is 15.6 Å². The lowest BCUT2D eigenvalue weighted by Crippen LogP contribution is -2.35. The van der Waals surface area contributed by atoms with Gasteiger partial charge in [-0.3, -0.25) is 14.9 Å². The fourth-order valence-corrected chi connectivity index (χ4v) is 1.35. The van der Waals surface area contributed by atoms with E-state index in [4.69, 9.17) is 15.6 Å². The van der Waals surface area contributed by atoms with E-state index in [1.54, 1.807) is 24.3 Å². The van der Waals surface area contributed by atoms with Crippen molar-refractivity contribution >= 4 is 18.0 Å². The fraction of sp³-hybridized carbons (Fsp3) is 0.308. The number of carbonyl (C=O) groups is 3. The summed E-state index contributed by atoms with van der Waals surface area (Å²) in [6.45, 7) is 0.0502. The predicted molar refractivity (Wildman–Crippen MR) is 69.6 cm³/mol. The number of ether oxygens (including phenoxy) is 1. The van der Waals surface area contributed by atoms with Crippen LogP contribution in [0.5, 0.6) is 0 Å². The van der Waals surface area contributed by atoms with Gasteiger partial charge in [-0.1, -0.05) is 30.3 Å². The van der Waals surface area contributed by atoms with Crippen molar-refractivity contribution in [1.82, 2.24) is 5.32 Å². The molecular formula is C13H16N2O5. The van der Waals surface area contributed by atoms with Gasteiger partial charge >= 0.3 is 12.1 Å². The van der Waals surface area contributed by atoms with Crippen molar-refractivity contribution in [2.45, 2.75) is 25.5 Å². The number of nitrogens with two attached hydrogens (primary N) is 1. The van der Waals surface area contributed by atoms with Crippen LogP contribution in [0.15, 0.2) is 30.3 Å². The van der Waals surface area contributed by atoms with Crippen LogP contribution in [0.2, 0.25) is 0 Å². The van der Waals surface area contributed by atoms with Gasteiger partial charge in [0.1, 0.15) is 12.6 Å². The summed E-state index contributed by atoms with van der Waals surface area (Å²) >= 11 is 0. The standard InChI is InChI=1S/C13H16N2O5/c14-10(12(17)18)6-7-11(16)15-13(19)20-8-9-4-2-1-3-5-9/h1-5,10H,6-8,14H2,(H,17,18)(H,15,16,19). The molecule has 1 atom stereocenters. The Morgan fingerprint density at radius 1 is 1.25 bits per heavy atom. The second-order valence-corrected chi connectivity index (χ2v) is 4.09. The third-order valence-electron chi connectivity index (χ3n) is 2.45. The topological polar surface area (TPSA) is 119 Å². The Labute approximate surface area is 115 Å². The Kier molecular flexibility index (Phi) is 6.18. The molecule has 7 nitrogen and oxygen atoms in total. The number of rotatable bonds is 6. The Hall–Kier alpha value is -2.41. The first-order valence-electron chi connectivity index (χ1n) is 5.98. The maximum atomic E-state index is 11.3. The van der Waals surface area contributed by atoms with Gasteiger partial charge in [-0.2, -0.15) is 0 Å². The minimum Gasteiger partial charge on any atom is -0.480 e. The third-order valence-corrected chi connectivity index (χ3v) is 2.45. The second kappa shape index (κ2) is 7.90. The Morgan fingerprint density at radius 2 is 1.90 bits per heavy atom. The van der Waals surface area contributed by atoms with E-state index in [1.165, 1.54) is 0 Å². The summed E-state index contributed by atoms with van der Waals surface area (Å²) in [5.41, 5.74) is 6.03. The van der Waals surface area contributed by atoms with Crippen molar-refractivity contribution in [2.75, 3.05) is 0 Å². The van der Waals surface area contributed by atoms with Crippen LogP contribution in [0.1, 0.15) is 18.4 Å². The molecule has 1 unspecified atom stereocenters. The number of hydrogen-bond acceptors (Lipinski definition) is 5. The Balaban J connectivity index is 2.25. The minimum atomic E-state index is -1.19. The van der Waals surface area contributed by atoms with E-state index >= 15 is 0 Å². The van der Waals surface area contributed by atoms with Crippen LogP contribution in [0.3, 0.4) is 0 Å². The summed E-state index contributed by atoms with van der Waals surface area (Å²) in [4.78, 5) is 33.1. The first-order chi connectivity index (χ1) is 9.49. The number of aliphatic carboxylic acids is 1. The van der Waals surface area contributed by atoms with Crippen molar-refractivity contribution in [3.63, 3.8) is 0 Å². The van der Waals surface area contributed by atoms with Crippen molar-refractivity contribution < 1.29 is 24.2 Å². The van der Waals surface area contributed by atoms with Gasteiger partial charge in [0.25, 0.3) is 0 Å². The zero-order valence-electron chi connectivity index (χ0n) is 10.7. The first kappa shape index (κ1) is 15.6. The number of carboxylic acid groups (broad SMARTS) is 1. The largest absolute Gasteiger partial charge is 0.480 e. The second-order valence-electron chi connectivity index (χ2n) is 4.09. The lowest BCUT2D eigenvalue weighted by Gasteiger charge is -2.07. The summed E-state index contributed by atoms with van der Waals surface area (Å²) in [7, 11) is 0. The molecule has 20 heavy (non-hydrogen) atoms. The number of benzene rings is 1. The average molecular weight is 280 g/mol. The number of carboxylic acids is 1. The highest BCUT2D eigenvalue weighted by Gasteiger charge is 2.15. The molecule has 0 aliphatic carbocycles. The van der Waals surface area contributed by atoms with Crippen LogP contribution in [-0.4, -0.2) is 29.1 Å². The molecule has 0 aromatic heterocycles. The maximum absolute atomic E-state index is 11.3. The van der Waals surface area contributed by atoms with Crippen LogP contribution in [-0.2, 0) is 20.9 Å². The van der Waals surface area contributed by atoms with E-state index in [1.807, 2.05) is 11.4 Å². The van der Waals surface area contributed by atoms with E-state index < -0.39 is 24.0 Å². The van der Waals surface area contributed by atoms with E-state index in [2.05, 4.69) is 0 Å². The molecule has 0 fully saturated rings. The Bertz CT molecular complexity index is 475. The van der Waals surface area contributed by atoms with Gasteiger partial charge in [0, 0.05) is 6.42 Å². The van der Waals surface area contributed by atoms with Gasteiger partial charge in [0.15, 0.2) is 0 Å². The summed E-state index contributed by atoms with van der Waals surface area (Å²) < 4.78 is 4.83. The molecule has 0 bridgehead atoms. The third kappa shape index (κ3) is 5.96. The van der Waals surface area contributed by atoms with Crippen LogP contribution in [0, 0.1) is 0 Å². The Morgan fingerprint density at radius 3 is 2.50 bits per heavy atom. The highest BCUT2D eigenvalue weighted by molar-refractivity contribution is 5.91. The van der Waals surface area contributed by atoms with Gasteiger partial charge in [-0.05, 0) is 12.0 Å². The van der Waals surface area contributed by atoms with Crippen LogP contribution in [0.4, 0.5) is 4.79 Å². The molecule has 2 amide bonds. The first-order valence-corrected chi connectivity index (χ1v) is 5.98. The molecule has 1 rings (SSSR count). The molecule has 4 N–H and O–H groups in total. The number of amides is 2. The zero-order chi connectivity index (χ0) is 15.0. The van der Waals surface area contributed by atoms with Gasteiger partial charge in [-0.15, -0.1) is 0 Å². The van der Waals surface area contributed by atoms with E-state index in [9.17, 15) is 14.4 Å². The van der Waals surface area contributed by atoms with Crippen molar-refractivity contribution in [3.8, 4) is 0 Å². The van der Waals surface area contributed by atoms with Gasteiger partial charge in [0.2, 0.25) is 5.91 Å². The molecule has 108 valence electrons. The van der Waals surface area contributed by atoms with E-state index in [0.717, 1.165) is 5.56 Å². The minimum absolute atomic E-state index is 0.0485. The lowest BCUT2D eigenvalue weighted by molar-refractivity contribution is -0.138. The summed E-state index contributed by atoms with van der Waals surface area (Å²) in [5, 5.41) is 10.5. The number of imide groups is 1. The molecule has 0 spiro atoms. The average Bonchev–Trinajstić information content (AvgIpc) is 2.43. The van der Waals surface area contributed by atoms with Crippen molar-refractivity contribution in [3.05, 3.63) is 35.9 Å². The molecule has 0 aliphatic heterocycles. The number of alkyl carbamates (subject to hydrolysis) is 1. The molecule has 1 aromatic rings. The highest BCUT2D eigenvalue weighted by Crippen LogP contribution is 2.01. The maximum Gasteiger partial charge on any atom is 0.414 e. The molecule has 0 radical (unpaired) electrons. The predicted octanol–water partition coefficient (Wildman–Crippen LogP) is 0.631.